The minimum absolute atomic E-state index is 0.282. The van der Waals surface area contributed by atoms with Crippen molar-refractivity contribution in [2.45, 2.75) is 12.5 Å². The Morgan fingerprint density at radius 1 is 1.14 bits per heavy atom. The van der Waals surface area contributed by atoms with Crippen LogP contribution >= 0.6 is 0 Å². The SMILES string of the molecule is CN(C)c1cccc(-c2cc(N)cc(N)c2CC(O)CO)c1. The van der Waals surface area contributed by atoms with E-state index >= 15 is 0 Å². The van der Waals surface area contributed by atoms with Gasteiger partial charge in [0.1, 0.15) is 0 Å². The summed E-state index contributed by atoms with van der Waals surface area (Å²) in [6.45, 7) is -0.305. The molecule has 118 valence electrons. The summed E-state index contributed by atoms with van der Waals surface area (Å²) in [4.78, 5) is 2.02. The van der Waals surface area contributed by atoms with Crippen LogP contribution < -0.4 is 16.4 Å². The number of hydrogen-bond acceptors (Lipinski definition) is 5. The molecular formula is C17H23N3O2. The van der Waals surface area contributed by atoms with Gasteiger partial charge in [0.25, 0.3) is 0 Å². The summed E-state index contributed by atoms with van der Waals surface area (Å²) in [5.74, 6) is 0. The second-order valence-electron chi connectivity index (χ2n) is 5.62. The summed E-state index contributed by atoms with van der Waals surface area (Å²) in [7, 11) is 3.95. The summed E-state index contributed by atoms with van der Waals surface area (Å²) in [5.41, 5.74) is 16.8. The molecule has 0 amide bonds. The highest BCUT2D eigenvalue weighted by molar-refractivity contribution is 5.79. The summed E-state index contributed by atoms with van der Waals surface area (Å²) in [6, 6.07) is 11.5. The van der Waals surface area contributed by atoms with E-state index in [0.29, 0.717) is 11.4 Å². The van der Waals surface area contributed by atoms with Gasteiger partial charge in [-0.1, -0.05) is 12.1 Å². The van der Waals surface area contributed by atoms with E-state index in [1.807, 2.05) is 49.3 Å². The van der Waals surface area contributed by atoms with Crippen LogP contribution in [-0.4, -0.2) is 37.0 Å². The number of nitrogens with two attached hydrogens (primary N) is 2. The molecule has 1 atom stereocenters. The molecule has 2 aromatic rings. The monoisotopic (exact) mass is 301 g/mol. The molecule has 0 aliphatic heterocycles. The lowest BCUT2D eigenvalue weighted by Crippen LogP contribution is -2.17. The second kappa shape index (κ2) is 6.68. The predicted octanol–water partition coefficient (Wildman–Crippen LogP) is 1.48. The normalized spacial score (nSPS) is 12.2. The molecule has 0 spiro atoms. The van der Waals surface area contributed by atoms with Gasteiger partial charge in [0.2, 0.25) is 0 Å². The third kappa shape index (κ3) is 3.50. The lowest BCUT2D eigenvalue weighted by molar-refractivity contribution is 0.0957. The standard InChI is InChI=1S/C17H23N3O2/c1-20(2)13-5-3-4-11(6-13)15-7-12(18)8-17(19)16(15)9-14(22)10-21/h3-8,14,21-22H,9-10,18-19H2,1-2H3. The molecular weight excluding hydrogens is 278 g/mol. The predicted molar refractivity (Wildman–Crippen MR) is 91.8 cm³/mol. The van der Waals surface area contributed by atoms with Crippen LogP contribution in [0.25, 0.3) is 11.1 Å². The van der Waals surface area contributed by atoms with Crippen molar-refractivity contribution in [3.63, 3.8) is 0 Å². The van der Waals surface area contributed by atoms with E-state index in [0.717, 1.165) is 22.4 Å². The number of anilines is 3. The van der Waals surface area contributed by atoms with Gasteiger partial charge in [0.15, 0.2) is 0 Å². The lowest BCUT2D eigenvalue weighted by atomic mass is 9.93. The van der Waals surface area contributed by atoms with Crippen molar-refractivity contribution in [3.05, 3.63) is 42.0 Å². The Bertz CT molecular complexity index is 656. The van der Waals surface area contributed by atoms with Crippen molar-refractivity contribution in [2.75, 3.05) is 37.1 Å². The smallest absolute Gasteiger partial charge is 0.0812 e. The molecule has 0 fully saturated rings. The van der Waals surface area contributed by atoms with E-state index in [2.05, 4.69) is 0 Å². The zero-order valence-electron chi connectivity index (χ0n) is 13.0. The van der Waals surface area contributed by atoms with Gasteiger partial charge in [0.05, 0.1) is 12.7 Å². The summed E-state index contributed by atoms with van der Waals surface area (Å²) in [6.07, 6.45) is -0.564. The van der Waals surface area contributed by atoms with Crippen molar-refractivity contribution in [1.82, 2.24) is 0 Å². The van der Waals surface area contributed by atoms with E-state index in [9.17, 15) is 5.11 Å². The van der Waals surface area contributed by atoms with Crippen molar-refractivity contribution in [3.8, 4) is 11.1 Å². The van der Waals surface area contributed by atoms with Crippen LogP contribution in [0.15, 0.2) is 36.4 Å². The average molecular weight is 301 g/mol. The number of nitrogen functional groups attached to an aromatic ring is 2. The van der Waals surface area contributed by atoms with Crippen molar-refractivity contribution in [2.24, 2.45) is 0 Å². The van der Waals surface area contributed by atoms with E-state index in [1.165, 1.54) is 0 Å². The molecule has 0 aliphatic rings. The van der Waals surface area contributed by atoms with Crippen LogP contribution in [-0.2, 0) is 6.42 Å². The van der Waals surface area contributed by atoms with Crippen LogP contribution in [0, 0.1) is 0 Å². The molecule has 5 nitrogen and oxygen atoms in total. The van der Waals surface area contributed by atoms with E-state index in [4.69, 9.17) is 16.6 Å². The fraction of sp³-hybridized carbons (Fsp3) is 0.294. The van der Waals surface area contributed by atoms with Crippen LogP contribution in [0.4, 0.5) is 17.1 Å². The van der Waals surface area contributed by atoms with Crippen molar-refractivity contribution < 1.29 is 10.2 Å². The van der Waals surface area contributed by atoms with Gasteiger partial charge in [-0.05, 0) is 41.0 Å². The highest BCUT2D eigenvalue weighted by Crippen LogP contribution is 2.33. The largest absolute Gasteiger partial charge is 0.399 e. The second-order valence-corrected chi connectivity index (χ2v) is 5.62. The quantitative estimate of drug-likeness (QED) is 0.627. The van der Waals surface area contributed by atoms with Crippen molar-refractivity contribution >= 4 is 17.1 Å². The Labute approximate surface area is 130 Å². The molecule has 0 saturated heterocycles. The molecule has 2 rings (SSSR count). The molecule has 0 saturated carbocycles. The number of aliphatic hydroxyl groups is 2. The zero-order valence-corrected chi connectivity index (χ0v) is 13.0. The Morgan fingerprint density at radius 2 is 1.86 bits per heavy atom. The molecule has 0 bridgehead atoms. The lowest BCUT2D eigenvalue weighted by Gasteiger charge is -2.18. The molecule has 0 aliphatic carbocycles. The van der Waals surface area contributed by atoms with Gasteiger partial charge < -0.3 is 26.6 Å². The summed E-state index contributed by atoms with van der Waals surface area (Å²) < 4.78 is 0. The maximum Gasteiger partial charge on any atom is 0.0812 e. The average Bonchev–Trinajstić information content (AvgIpc) is 2.49. The Morgan fingerprint density at radius 3 is 2.50 bits per heavy atom. The van der Waals surface area contributed by atoms with Crippen molar-refractivity contribution in [1.29, 1.82) is 0 Å². The molecule has 6 N–H and O–H groups in total. The molecule has 22 heavy (non-hydrogen) atoms. The Kier molecular flexibility index (Phi) is 4.90. The first-order valence-corrected chi connectivity index (χ1v) is 7.17. The molecule has 2 aromatic carbocycles. The van der Waals surface area contributed by atoms with Gasteiger partial charge in [-0.15, -0.1) is 0 Å². The van der Waals surface area contributed by atoms with Crippen LogP contribution in [0.5, 0.6) is 0 Å². The van der Waals surface area contributed by atoms with Crippen LogP contribution in [0.3, 0.4) is 0 Å². The minimum atomic E-state index is -0.846. The number of aliphatic hydroxyl groups excluding tert-OH is 2. The number of hydrogen-bond donors (Lipinski definition) is 4. The molecule has 1 unspecified atom stereocenters. The fourth-order valence-corrected chi connectivity index (χ4v) is 2.45. The Balaban J connectivity index is 2.55. The first kappa shape index (κ1) is 16.1. The topological polar surface area (TPSA) is 95.7 Å². The highest BCUT2D eigenvalue weighted by Gasteiger charge is 2.14. The fourth-order valence-electron chi connectivity index (χ4n) is 2.45. The number of rotatable bonds is 5. The van der Waals surface area contributed by atoms with E-state index < -0.39 is 6.10 Å². The number of nitrogens with zero attached hydrogens (tertiary/aromatic N) is 1. The molecule has 0 heterocycles. The zero-order chi connectivity index (χ0) is 16.3. The van der Waals surface area contributed by atoms with Gasteiger partial charge in [-0.3, -0.25) is 0 Å². The number of benzene rings is 2. The minimum Gasteiger partial charge on any atom is -0.399 e. The first-order valence-electron chi connectivity index (χ1n) is 7.17. The molecule has 0 aromatic heterocycles. The Hall–Kier alpha value is -2.24. The van der Waals surface area contributed by atoms with E-state index in [1.54, 1.807) is 6.07 Å². The maximum atomic E-state index is 9.77. The molecule has 5 heteroatoms. The van der Waals surface area contributed by atoms with Gasteiger partial charge in [-0.2, -0.15) is 0 Å². The van der Waals surface area contributed by atoms with Crippen LogP contribution in [0.2, 0.25) is 0 Å². The third-order valence-corrected chi connectivity index (χ3v) is 3.63. The van der Waals surface area contributed by atoms with Crippen LogP contribution in [0.1, 0.15) is 5.56 Å². The molecule has 0 radical (unpaired) electrons. The van der Waals surface area contributed by atoms with Gasteiger partial charge in [0, 0.05) is 37.6 Å². The summed E-state index contributed by atoms with van der Waals surface area (Å²) >= 11 is 0. The first-order chi connectivity index (χ1) is 10.4. The van der Waals surface area contributed by atoms with E-state index in [-0.39, 0.29) is 13.0 Å². The maximum absolute atomic E-state index is 9.77. The summed E-state index contributed by atoms with van der Waals surface area (Å²) in [5, 5.41) is 18.9. The van der Waals surface area contributed by atoms with Gasteiger partial charge in [-0.25, -0.2) is 0 Å². The third-order valence-electron chi connectivity index (χ3n) is 3.63. The highest BCUT2D eigenvalue weighted by atomic mass is 16.3. The van der Waals surface area contributed by atoms with Gasteiger partial charge >= 0.3 is 0 Å².